The molecule has 0 bridgehead atoms. The van der Waals surface area contributed by atoms with Crippen molar-refractivity contribution < 1.29 is 14.4 Å². The summed E-state index contributed by atoms with van der Waals surface area (Å²) in [5.74, 6) is -0.456. The first-order chi connectivity index (χ1) is 18.0. The number of thioether (sulfide) groups is 1. The molecule has 4 aromatic rings. The number of hydrogen-bond acceptors (Lipinski definition) is 4. The Kier molecular flexibility index (Phi) is 9.08. The number of anilines is 1. The van der Waals surface area contributed by atoms with Gasteiger partial charge in [0.15, 0.2) is 5.78 Å². The van der Waals surface area contributed by atoms with Crippen molar-refractivity contribution in [1.29, 1.82) is 0 Å². The van der Waals surface area contributed by atoms with Gasteiger partial charge in [0, 0.05) is 26.2 Å². The second kappa shape index (κ2) is 12.9. The molecule has 4 aromatic carbocycles. The molecule has 0 atom stereocenters. The molecule has 2 amide bonds. The number of Topliss-reactive ketones (excluding diaryl/α,β-unsaturated/α-hetero) is 1. The molecule has 0 spiro atoms. The quantitative estimate of drug-likeness (QED) is 0.131. The lowest BCUT2D eigenvalue weighted by Crippen LogP contribution is -2.30. The average molecular weight is 571 g/mol. The molecule has 7 heteroatoms. The van der Waals surface area contributed by atoms with Gasteiger partial charge in [-0.15, -0.1) is 11.8 Å². The number of amides is 2. The van der Waals surface area contributed by atoms with Crippen LogP contribution in [0.3, 0.4) is 0 Å². The van der Waals surface area contributed by atoms with Gasteiger partial charge >= 0.3 is 0 Å². The minimum Gasteiger partial charge on any atom is -0.321 e. The van der Waals surface area contributed by atoms with Crippen LogP contribution in [-0.4, -0.2) is 23.4 Å². The van der Waals surface area contributed by atoms with Crippen LogP contribution in [0.4, 0.5) is 5.69 Å². The highest BCUT2D eigenvalue weighted by molar-refractivity contribution is 9.10. The van der Waals surface area contributed by atoms with Crippen LogP contribution >= 0.6 is 27.7 Å². The summed E-state index contributed by atoms with van der Waals surface area (Å²) >= 11 is 4.83. The van der Waals surface area contributed by atoms with Crippen molar-refractivity contribution >= 4 is 57.1 Å². The molecule has 0 saturated carbocycles. The van der Waals surface area contributed by atoms with E-state index in [-0.39, 0.29) is 17.4 Å². The monoisotopic (exact) mass is 570 g/mol. The first-order valence-electron chi connectivity index (χ1n) is 11.4. The van der Waals surface area contributed by atoms with Gasteiger partial charge in [0.25, 0.3) is 11.8 Å². The predicted octanol–water partition coefficient (Wildman–Crippen LogP) is 6.83. The van der Waals surface area contributed by atoms with Gasteiger partial charge in [0.05, 0.1) is 5.75 Å². The van der Waals surface area contributed by atoms with Gasteiger partial charge in [-0.1, -0.05) is 76.6 Å². The number of carbonyl (C=O) groups is 3. The van der Waals surface area contributed by atoms with Crippen LogP contribution in [0.15, 0.2) is 124 Å². The van der Waals surface area contributed by atoms with Gasteiger partial charge in [-0.25, -0.2) is 0 Å². The highest BCUT2D eigenvalue weighted by atomic mass is 79.9. The Balaban J connectivity index is 1.44. The number of nitrogens with one attached hydrogen (secondary N) is 2. The Morgan fingerprint density at radius 1 is 0.730 bits per heavy atom. The molecule has 0 saturated heterocycles. The minimum absolute atomic E-state index is 0.0554. The van der Waals surface area contributed by atoms with Gasteiger partial charge < -0.3 is 10.6 Å². The maximum atomic E-state index is 13.2. The lowest BCUT2D eigenvalue weighted by molar-refractivity contribution is -0.113. The van der Waals surface area contributed by atoms with Crippen molar-refractivity contribution in [3.63, 3.8) is 0 Å². The smallest absolute Gasteiger partial charge is 0.272 e. The zero-order chi connectivity index (χ0) is 26.0. The third-order valence-electron chi connectivity index (χ3n) is 5.29. The number of carbonyl (C=O) groups excluding carboxylic acids is 3. The zero-order valence-electron chi connectivity index (χ0n) is 19.7. The second-order valence-corrected chi connectivity index (χ2v) is 9.95. The normalized spacial score (nSPS) is 11.0. The fourth-order valence-electron chi connectivity index (χ4n) is 3.36. The molecule has 0 radical (unpaired) electrons. The number of benzene rings is 4. The molecule has 184 valence electrons. The Morgan fingerprint density at radius 3 is 1.95 bits per heavy atom. The van der Waals surface area contributed by atoms with Crippen LogP contribution < -0.4 is 10.6 Å². The largest absolute Gasteiger partial charge is 0.321 e. The van der Waals surface area contributed by atoms with Crippen LogP contribution in [-0.2, 0) is 4.79 Å². The predicted molar refractivity (Wildman–Crippen MR) is 153 cm³/mol. The minimum atomic E-state index is -0.452. The second-order valence-electron chi connectivity index (χ2n) is 7.99. The van der Waals surface area contributed by atoms with Crippen molar-refractivity contribution in [1.82, 2.24) is 5.32 Å². The lowest BCUT2D eigenvalue weighted by Gasteiger charge is -2.12. The molecule has 0 aliphatic carbocycles. The first kappa shape index (κ1) is 26.1. The summed E-state index contributed by atoms with van der Waals surface area (Å²) in [6, 6.07) is 32.5. The van der Waals surface area contributed by atoms with Crippen molar-refractivity contribution in [2.45, 2.75) is 4.90 Å². The maximum absolute atomic E-state index is 13.2. The molecular weight excluding hydrogens is 548 g/mol. The number of ketones is 1. The Bertz CT molecular complexity index is 1410. The molecule has 37 heavy (non-hydrogen) atoms. The SMILES string of the molecule is O=C(Nc1ccc(SCC(=O)c2ccccc2)cc1)/C(=C/c1ccc(Br)cc1)NC(=O)c1ccccc1. The fourth-order valence-corrected chi connectivity index (χ4v) is 4.41. The van der Waals surface area contributed by atoms with Crippen LogP contribution in [0, 0.1) is 0 Å². The number of rotatable bonds is 9. The van der Waals surface area contributed by atoms with Gasteiger partial charge in [0.1, 0.15) is 5.70 Å². The van der Waals surface area contributed by atoms with E-state index < -0.39 is 5.91 Å². The van der Waals surface area contributed by atoms with E-state index >= 15 is 0 Å². The number of hydrogen-bond donors (Lipinski definition) is 2. The molecule has 0 unspecified atom stereocenters. The summed E-state index contributed by atoms with van der Waals surface area (Å²) in [6.07, 6.45) is 1.63. The van der Waals surface area contributed by atoms with E-state index in [4.69, 9.17) is 0 Å². The van der Waals surface area contributed by atoms with E-state index in [1.807, 2.05) is 60.7 Å². The van der Waals surface area contributed by atoms with E-state index in [0.717, 1.165) is 14.9 Å². The van der Waals surface area contributed by atoms with E-state index in [1.165, 1.54) is 11.8 Å². The van der Waals surface area contributed by atoms with E-state index in [1.54, 1.807) is 54.6 Å². The molecule has 2 N–H and O–H groups in total. The molecule has 5 nitrogen and oxygen atoms in total. The Morgan fingerprint density at radius 2 is 1.32 bits per heavy atom. The van der Waals surface area contributed by atoms with Gasteiger partial charge in [-0.3, -0.25) is 14.4 Å². The molecular formula is C30H23BrN2O3S. The van der Waals surface area contributed by atoms with Crippen LogP contribution in [0.25, 0.3) is 6.08 Å². The van der Waals surface area contributed by atoms with Gasteiger partial charge in [-0.2, -0.15) is 0 Å². The molecule has 0 aromatic heterocycles. The van der Waals surface area contributed by atoms with E-state index in [0.29, 0.717) is 22.6 Å². The third-order valence-corrected chi connectivity index (χ3v) is 6.83. The zero-order valence-corrected chi connectivity index (χ0v) is 22.1. The highest BCUT2D eigenvalue weighted by Crippen LogP contribution is 2.22. The Labute approximate surface area is 228 Å². The topological polar surface area (TPSA) is 75.3 Å². The van der Waals surface area contributed by atoms with Crippen LogP contribution in [0.5, 0.6) is 0 Å². The highest BCUT2D eigenvalue weighted by Gasteiger charge is 2.15. The van der Waals surface area contributed by atoms with Crippen molar-refractivity contribution in [3.05, 3.63) is 136 Å². The molecule has 0 fully saturated rings. The van der Waals surface area contributed by atoms with Gasteiger partial charge in [-0.05, 0) is 60.2 Å². The Hall–Kier alpha value is -3.94. The standard InChI is InChI=1S/C30H23BrN2O3S/c31-24-13-11-21(12-14-24)19-27(33-29(35)23-9-5-2-6-10-23)30(36)32-25-15-17-26(18-16-25)37-20-28(34)22-7-3-1-4-8-22/h1-19H,20H2,(H,32,36)(H,33,35)/b27-19-. The summed E-state index contributed by atoms with van der Waals surface area (Å²) in [5, 5.41) is 5.57. The van der Waals surface area contributed by atoms with E-state index in [9.17, 15) is 14.4 Å². The van der Waals surface area contributed by atoms with Crippen molar-refractivity contribution in [3.8, 4) is 0 Å². The molecule has 0 heterocycles. The summed E-state index contributed by atoms with van der Waals surface area (Å²) in [6.45, 7) is 0. The molecule has 0 aliphatic rings. The average Bonchev–Trinajstić information content (AvgIpc) is 2.94. The van der Waals surface area contributed by atoms with E-state index in [2.05, 4.69) is 26.6 Å². The summed E-state index contributed by atoms with van der Waals surface area (Å²) in [5.41, 5.74) is 2.57. The van der Waals surface area contributed by atoms with Gasteiger partial charge in [0.2, 0.25) is 0 Å². The summed E-state index contributed by atoms with van der Waals surface area (Å²) in [4.78, 5) is 39.2. The molecule has 4 rings (SSSR count). The maximum Gasteiger partial charge on any atom is 0.272 e. The molecule has 0 aliphatic heterocycles. The summed E-state index contributed by atoms with van der Waals surface area (Å²) < 4.78 is 0.910. The van der Waals surface area contributed by atoms with Crippen LogP contribution in [0.1, 0.15) is 26.3 Å². The lowest BCUT2D eigenvalue weighted by atomic mass is 10.1. The van der Waals surface area contributed by atoms with Crippen molar-refractivity contribution in [2.75, 3.05) is 11.1 Å². The third kappa shape index (κ3) is 7.77. The summed E-state index contributed by atoms with van der Waals surface area (Å²) in [7, 11) is 0. The van der Waals surface area contributed by atoms with Crippen LogP contribution in [0.2, 0.25) is 0 Å². The van der Waals surface area contributed by atoms with Crippen molar-refractivity contribution in [2.24, 2.45) is 0 Å². The fraction of sp³-hybridized carbons (Fsp3) is 0.0333. The number of halogens is 1. The first-order valence-corrected chi connectivity index (χ1v) is 13.2.